The second-order valence-corrected chi connectivity index (χ2v) is 16.5. The van der Waals surface area contributed by atoms with Crippen LogP contribution in [0.1, 0.15) is 70.6 Å². The Morgan fingerprint density at radius 1 is 0.936 bits per heavy atom. The lowest BCUT2D eigenvalue weighted by Crippen LogP contribution is -2.59. The Hall–Kier alpha value is -2.88. The van der Waals surface area contributed by atoms with Crippen molar-refractivity contribution in [3.63, 3.8) is 0 Å². The van der Waals surface area contributed by atoms with E-state index in [9.17, 15) is 43.5 Å². The van der Waals surface area contributed by atoms with Gasteiger partial charge in [0.1, 0.15) is 30.5 Å². The molecule has 0 spiro atoms. The highest BCUT2D eigenvalue weighted by molar-refractivity contribution is 7.92. The average Bonchev–Trinajstić information content (AvgIpc) is 3.56. The molecule has 14 heteroatoms. The van der Waals surface area contributed by atoms with Crippen molar-refractivity contribution in [3.05, 3.63) is 54.1 Å². The number of nitrogens with one attached hydrogen (secondary N) is 3. The topological polar surface area (TPSA) is 222 Å². The minimum Gasteiger partial charge on any atom is -0.394 e. The monoisotopic (exact) mass is 680 g/mol. The number of aliphatic hydroxyl groups is 5. The molecule has 13 nitrogen and oxygen atoms in total. The highest BCUT2D eigenvalue weighted by Gasteiger charge is 2.39. The number of hydrogen-bond donors (Lipinski definition) is 8. The number of aliphatic hydroxyl groups excluding tert-OH is 5. The van der Waals surface area contributed by atoms with Crippen molar-refractivity contribution in [2.75, 3.05) is 12.4 Å². The van der Waals surface area contributed by atoms with E-state index >= 15 is 0 Å². The standard InChI is InChI=1S/C33H52N4O9S/c1-33(2,3)47(45,46)19-23(14-21-10-6-4-7-11-21)31(43)37-26(16-24-17-34-20-35-24)32(44)36-25(15-22-12-8-5-9-13-22)28(40)30(42)29(41)27(39)18-38/h4,6-7,10-11,17,20,22-23,25-30,38-42H,5,8-9,12-16,18-19H2,1-3H3,(H,34,35)(H,36,44)(H,37,43)/t23-,25+,26+,27-,28-,29-,30-/m1/s1. The smallest absolute Gasteiger partial charge is 0.243 e. The fourth-order valence-electron chi connectivity index (χ4n) is 5.88. The molecule has 0 aliphatic heterocycles. The molecule has 3 rings (SSSR count). The largest absolute Gasteiger partial charge is 0.394 e. The lowest BCUT2D eigenvalue weighted by atomic mass is 9.82. The number of rotatable bonds is 17. The maximum absolute atomic E-state index is 13.9. The predicted molar refractivity (Wildman–Crippen MR) is 176 cm³/mol. The van der Waals surface area contributed by atoms with Crippen LogP contribution in [-0.4, -0.2) is 109 Å². The second kappa shape index (κ2) is 17.5. The van der Waals surface area contributed by atoms with Gasteiger partial charge in [0.25, 0.3) is 0 Å². The normalized spacial score (nSPS) is 19.1. The van der Waals surface area contributed by atoms with Gasteiger partial charge in [-0.25, -0.2) is 13.4 Å². The van der Waals surface area contributed by atoms with Crippen LogP contribution in [0, 0.1) is 11.8 Å². The summed E-state index contributed by atoms with van der Waals surface area (Å²) in [6.45, 7) is 3.85. The molecule has 8 N–H and O–H groups in total. The average molecular weight is 681 g/mol. The van der Waals surface area contributed by atoms with Gasteiger partial charge in [0.05, 0.1) is 35.4 Å². The van der Waals surface area contributed by atoms with Gasteiger partial charge in [-0.2, -0.15) is 0 Å². The maximum atomic E-state index is 13.9. The molecule has 1 aliphatic rings. The van der Waals surface area contributed by atoms with Crippen LogP contribution in [0.15, 0.2) is 42.9 Å². The number of aromatic nitrogens is 2. The summed E-state index contributed by atoms with van der Waals surface area (Å²) >= 11 is 0. The molecule has 264 valence electrons. The molecule has 47 heavy (non-hydrogen) atoms. The lowest BCUT2D eigenvalue weighted by molar-refractivity contribution is -0.136. The Kier molecular flexibility index (Phi) is 14.4. The molecule has 2 amide bonds. The van der Waals surface area contributed by atoms with E-state index in [2.05, 4.69) is 20.6 Å². The van der Waals surface area contributed by atoms with E-state index in [1.54, 1.807) is 45.0 Å². The molecule has 1 saturated carbocycles. The molecule has 0 unspecified atom stereocenters. The van der Waals surface area contributed by atoms with E-state index in [0.717, 1.165) is 37.7 Å². The summed E-state index contributed by atoms with van der Waals surface area (Å²) in [6, 6.07) is 6.67. The quantitative estimate of drug-likeness (QED) is 0.115. The van der Waals surface area contributed by atoms with Crippen molar-refractivity contribution in [1.29, 1.82) is 0 Å². The fraction of sp³-hybridized carbons (Fsp3) is 0.667. The number of sulfone groups is 1. The maximum Gasteiger partial charge on any atom is 0.243 e. The van der Waals surface area contributed by atoms with Crippen LogP contribution >= 0.6 is 0 Å². The highest BCUT2D eigenvalue weighted by atomic mass is 32.2. The van der Waals surface area contributed by atoms with Crippen LogP contribution in [0.3, 0.4) is 0 Å². The van der Waals surface area contributed by atoms with Gasteiger partial charge in [-0.3, -0.25) is 9.59 Å². The summed E-state index contributed by atoms with van der Waals surface area (Å²) in [5.74, 6) is -2.72. The number of hydrogen-bond acceptors (Lipinski definition) is 10. The molecular weight excluding hydrogens is 628 g/mol. The van der Waals surface area contributed by atoms with Crippen LogP contribution in [0.2, 0.25) is 0 Å². The van der Waals surface area contributed by atoms with Gasteiger partial charge < -0.3 is 41.2 Å². The third-order valence-electron chi connectivity index (χ3n) is 8.99. The van der Waals surface area contributed by atoms with Crippen LogP contribution in [-0.2, 0) is 32.3 Å². The molecule has 1 heterocycles. The number of amides is 2. The zero-order valence-corrected chi connectivity index (χ0v) is 28.3. The van der Waals surface area contributed by atoms with Crippen molar-refractivity contribution in [1.82, 2.24) is 20.6 Å². The van der Waals surface area contributed by atoms with E-state index < -0.39 is 81.2 Å². The van der Waals surface area contributed by atoms with Crippen molar-refractivity contribution >= 4 is 21.7 Å². The van der Waals surface area contributed by atoms with E-state index in [4.69, 9.17) is 0 Å². The Bertz CT molecular complexity index is 1350. The van der Waals surface area contributed by atoms with Gasteiger partial charge in [-0.15, -0.1) is 0 Å². The lowest BCUT2D eigenvalue weighted by Gasteiger charge is -2.35. The summed E-state index contributed by atoms with van der Waals surface area (Å²) in [5, 5.41) is 56.9. The van der Waals surface area contributed by atoms with E-state index in [0.29, 0.717) is 5.69 Å². The number of carbonyl (C=O) groups excluding carboxylic acids is 2. The van der Waals surface area contributed by atoms with Crippen molar-refractivity contribution in [2.24, 2.45) is 11.8 Å². The first kappa shape index (κ1) is 38.6. The van der Waals surface area contributed by atoms with Crippen LogP contribution < -0.4 is 10.6 Å². The first-order chi connectivity index (χ1) is 22.1. The third kappa shape index (κ3) is 11.4. The molecule has 2 aromatic rings. The molecule has 0 bridgehead atoms. The van der Waals surface area contributed by atoms with Crippen LogP contribution in [0.25, 0.3) is 0 Å². The second-order valence-electron chi connectivity index (χ2n) is 13.7. The fourth-order valence-corrected chi connectivity index (χ4v) is 7.18. The van der Waals surface area contributed by atoms with Gasteiger partial charge in [0.2, 0.25) is 11.8 Å². The molecule has 1 aromatic heterocycles. The van der Waals surface area contributed by atoms with Crippen molar-refractivity contribution in [3.8, 4) is 0 Å². The van der Waals surface area contributed by atoms with Crippen LogP contribution in [0.4, 0.5) is 0 Å². The zero-order chi connectivity index (χ0) is 34.8. The first-order valence-corrected chi connectivity index (χ1v) is 18.0. The van der Waals surface area contributed by atoms with Gasteiger partial charge in [-0.1, -0.05) is 62.4 Å². The van der Waals surface area contributed by atoms with Crippen molar-refractivity contribution < 1.29 is 43.5 Å². The van der Waals surface area contributed by atoms with E-state index in [1.807, 2.05) is 6.07 Å². The molecule has 7 atom stereocenters. The Labute approximate surface area is 277 Å². The number of nitrogens with zero attached hydrogens (tertiary/aromatic N) is 1. The number of imidazole rings is 1. The number of aromatic amines is 1. The van der Waals surface area contributed by atoms with Gasteiger partial charge >= 0.3 is 0 Å². The Balaban J connectivity index is 1.90. The highest BCUT2D eigenvalue weighted by Crippen LogP contribution is 2.29. The number of H-pyrrole nitrogens is 1. The van der Waals surface area contributed by atoms with E-state index in [1.165, 1.54) is 12.5 Å². The summed E-state index contributed by atoms with van der Waals surface area (Å²) in [6.07, 6.45) is 0.699. The minimum atomic E-state index is -3.74. The SMILES string of the molecule is CC(C)(C)S(=O)(=O)C[C@@H](Cc1ccccc1)C(=O)N[C@@H](Cc1cnc[nH]1)C(=O)N[C@@H](CC1CCCCC1)[C@@H](O)[C@@H](O)[C@H](O)[C@H](O)CO. The van der Waals surface area contributed by atoms with Gasteiger partial charge in [0, 0.05) is 18.3 Å². The summed E-state index contributed by atoms with van der Waals surface area (Å²) in [7, 11) is -3.74. The Morgan fingerprint density at radius 3 is 2.17 bits per heavy atom. The minimum absolute atomic E-state index is 0.0394. The van der Waals surface area contributed by atoms with Gasteiger partial charge in [0.15, 0.2) is 9.84 Å². The molecule has 1 fully saturated rings. The number of benzene rings is 1. The van der Waals surface area contributed by atoms with E-state index in [-0.39, 0.29) is 25.2 Å². The molecule has 0 saturated heterocycles. The predicted octanol–water partition coefficient (Wildman–Crippen LogP) is 0.400. The summed E-state index contributed by atoms with van der Waals surface area (Å²) < 4.78 is 25.4. The first-order valence-electron chi connectivity index (χ1n) is 16.3. The number of carbonyl (C=O) groups is 2. The van der Waals surface area contributed by atoms with Gasteiger partial charge in [-0.05, 0) is 45.1 Å². The van der Waals surface area contributed by atoms with Crippen LogP contribution in [0.5, 0.6) is 0 Å². The Morgan fingerprint density at radius 2 is 1.60 bits per heavy atom. The summed E-state index contributed by atoms with van der Waals surface area (Å²) in [5.41, 5.74) is 1.26. The molecule has 1 aliphatic carbocycles. The molecular formula is C33H52N4O9S. The summed E-state index contributed by atoms with van der Waals surface area (Å²) in [4.78, 5) is 34.7. The molecule has 1 aromatic carbocycles. The van der Waals surface area contributed by atoms with Crippen molar-refractivity contribution in [2.45, 2.75) is 113 Å². The third-order valence-corrected chi connectivity index (χ3v) is 11.7. The molecule has 0 radical (unpaired) electrons. The zero-order valence-electron chi connectivity index (χ0n) is 27.5.